The maximum absolute atomic E-state index is 13.1. The van der Waals surface area contributed by atoms with E-state index < -0.39 is 27.4 Å². The number of anilines is 1. The smallest absolute Gasteiger partial charge is 0.256 e. The second-order valence-corrected chi connectivity index (χ2v) is 10.8. The molecular weight excluding hydrogens is 448 g/mol. The molecule has 0 saturated heterocycles. The molecular formula is C23H18N2O5S2. The molecule has 2 aromatic carbocycles. The first-order chi connectivity index (χ1) is 15.3. The van der Waals surface area contributed by atoms with Gasteiger partial charge in [-0.1, -0.05) is 12.1 Å². The highest BCUT2D eigenvalue weighted by Gasteiger charge is 2.35. The Labute approximate surface area is 188 Å². The molecule has 32 heavy (non-hydrogen) atoms. The summed E-state index contributed by atoms with van der Waals surface area (Å²) >= 11 is 1.33. The largest absolute Gasteiger partial charge is 0.365 e. The van der Waals surface area contributed by atoms with E-state index in [1.165, 1.54) is 41.7 Å². The van der Waals surface area contributed by atoms with Crippen molar-refractivity contribution in [3.8, 4) is 0 Å². The summed E-state index contributed by atoms with van der Waals surface area (Å²) in [7, 11) is -3.96. The number of primary amides is 1. The van der Waals surface area contributed by atoms with Crippen molar-refractivity contribution < 1.29 is 22.8 Å². The van der Waals surface area contributed by atoms with Gasteiger partial charge in [-0.3, -0.25) is 14.4 Å². The molecule has 1 aliphatic heterocycles. The maximum Gasteiger partial charge on any atom is 0.256 e. The number of hydrogen-bond donors (Lipinski definition) is 2. The molecule has 9 heteroatoms. The lowest BCUT2D eigenvalue weighted by Crippen LogP contribution is -2.22. The van der Waals surface area contributed by atoms with Crippen LogP contribution in [0.3, 0.4) is 0 Å². The molecule has 5 rings (SSSR count). The number of aryl methyl sites for hydroxylation is 1. The van der Waals surface area contributed by atoms with Crippen molar-refractivity contribution in [3.05, 3.63) is 75.2 Å². The van der Waals surface area contributed by atoms with Crippen molar-refractivity contribution >= 4 is 43.8 Å². The van der Waals surface area contributed by atoms with Crippen LogP contribution in [0.5, 0.6) is 0 Å². The Morgan fingerprint density at radius 2 is 1.69 bits per heavy atom. The van der Waals surface area contributed by atoms with Crippen LogP contribution in [-0.2, 0) is 22.7 Å². The van der Waals surface area contributed by atoms with Gasteiger partial charge in [-0.2, -0.15) is 0 Å². The highest BCUT2D eigenvalue weighted by atomic mass is 32.2. The SMILES string of the molecule is NC(=O)c1c(NC(=O)c2ccc3c(c2)S(=O)(=O)c2ccccc2C3=O)sc2c1CCCC2. The van der Waals surface area contributed by atoms with Crippen LogP contribution in [0.15, 0.2) is 52.3 Å². The van der Waals surface area contributed by atoms with Crippen LogP contribution in [0.1, 0.15) is 59.9 Å². The molecule has 1 aliphatic carbocycles. The minimum atomic E-state index is -3.96. The minimum absolute atomic E-state index is 0.0321. The van der Waals surface area contributed by atoms with E-state index in [0.717, 1.165) is 36.1 Å². The molecule has 0 bridgehead atoms. The number of benzene rings is 2. The third-order valence-corrected chi connectivity index (χ3v) is 8.90. The van der Waals surface area contributed by atoms with E-state index in [2.05, 4.69) is 5.32 Å². The number of carbonyl (C=O) groups is 3. The fourth-order valence-electron chi connectivity index (χ4n) is 4.32. The van der Waals surface area contributed by atoms with E-state index in [-0.39, 0.29) is 26.5 Å². The van der Waals surface area contributed by atoms with Crippen LogP contribution in [0.4, 0.5) is 5.00 Å². The molecule has 2 heterocycles. The summed E-state index contributed by atoms with van der Waals surface area (Å²) in [6.45, 7) is 0. The molecule has 0 fully saturated rings. The summed E-state index contributed by atoms with van der Waals surface area (Å²) in [4.78, 5) is 38.6. The van der Waals surface area contributed by atoms with Gasteiger partial charge in [0.2, 0.25) is 9.84 Å². The highest BCUT2D eigenvalue weighted by molar-refractivity contribution is 7.91. The number of hydrogen-bond acceptors (Lipinski definition) is 6. The fourth-order valence-corrected chi connectivity index (χ4v) is 7.28. The number of amides is 2. The Hall–Kier alpha value is -3.30. The highest BCUT2D eigenvalue weighted by Crippen LogP contribution is 2.39. The summed E-state index contributed by atoms with van der Waals surface area (Å²) in [6, 6.07) is 9.99. The Morgan fingerprint density at radius 3 is 2.47 bits per heavy atom. The van der Waals surface area contributed by atoms with Gasteiger partial charge >= 0.3 is 0 Å². The first-order valence-electron chi connectivity index (χ1n) is 10.1. The lowest BCUT2D eigenvalue weighted by atomic mass is 9.95. The monoisotopic (exact) mass is 466 g/mol. The van der Waals surface area contributed by atoms with Crippen LogP contribution in [-0.4, -0.2) is 26.0 Å². The standard InChI is InChI=1S/C23H18N2O5S2/c24-21(27)19-13-5-1-3-7-16(13)31-23(19)25-22(28)12-9-10-15-18(11-12)32(29,30)17-8-4-2-6-14(17)20(15)26/h2,4,6,8-11H,1,3,5,7H2,(H2,24,27)(H,25,28). The van der Waals surface area contributed by atoms with Crippen molar-refractivity contribution in [2.45, 2.75) is 35.5 Å². The third kappa shape index (κ3) is 3.08. The number of carbonyl (C=O) groups excluding carboxylic acids is 3. The van der Waals surface area contributed by atoms with E-state index in [1.54, 1.807) is 12.1 Å². The molecule has 2 aliphatic rings. The van der Waals surface area contributed by atoms with Crippen LogP contribution in [0.25, 0.3) is 0 Å². The van der Waals surface area contributed by atoms with Gasteiger partial charge < -0.3 is 11.1 Å². The zero-order valence-corrected chi connectivity index (χ0v) is 18.4. The zero-order chi connectivity index (χ0) is 22.6. The average Bonchev–Trinajstić information content (AvgIpc) is 3.15. The van der Waals surface area contributed by atoms with Gasteiger partial charge in [-0.05, 0) is 61.6 Å². The maximum atomic E-state index is 13.1. The first-order valence-corrected chi connectivity index (χ1v) is 12.4. The molecule has 2 amide bonds. The molecule has 3 N–H and O–H groups in total. The number of rotatable bonds is 3. The Bertz CT molecular complexity index is 1440. The van der Waals surface area contributed by atoms with Crippen LogP contribution in [0.2, 0.25) is 0 Å². The Morgan fingerprint density at radius 1 is 0.969 bits per heavy atom. The predicted octanol–water partition coefficient (Wildman–Crippen LogP) is 3.36. The zero-order valence-electron chi connectivity index (χ0n) is 16.8. The van der Waals surface area contributed by atoms with Crippen LogP contribution in [0, 0.1) is 0 Å². The van der Waals surface area contributed by atoms with Crippen LogP contribution < -0.4 is 11.1 Å². The second-order valence-electron chi connectivity index (χ2n) is 7.77. The number of nitrogens with two attached hydrogens (primary N) is 1. The van der Waals surface area contributed by atoms with E-state index in [0.29, 0.717) is 10.6 Å². The summed E-state index contributed by atoms with van der Waals surface area (Å²) in [5, 5.41) is 3.10. The number of fused-ring (bicyclic) bond motifs is 3. The molecule has 0 saturated carbocycles. The van der Waals surface area contributed by atoms with E-state index >= 15 is 0 Å². The van der Waals surface area contributed by atoms with Gasteiger partial charge in [0, 0.05) is 21.6 Å². The summed E-state index contributed by atoms with van der Waals surface area (Å²) < 4.78 is 26.2. The number of nitrogens with one attached hydrogen (secondary N) is 1. The Balaban J connectivity index is 1.54. The second kappa shape index (κ2) is 7.39. The first kappa shape index (κ1) is 20.6. The summed E-state index contributed by atoms with van der Waals surface area (Å²) in [6.07, 6.45) is 3.53. The van der Waals surface area contributed by atoms with Crippen molar-refractivity contribution in [3.63, 3.8) is 0 Å². The number of ketones is 1. The Kier molecular flexibility index (Phi) is 4.75. The number of thiophene rings is 1. The van der Waals surface area contributed by atoms with Gasteiger partial charge in [0.1, 0.15) is 5.00 Å². The lowest BCUT2D eigenvalue weighted by molar-refractivity contribution is 0.0998. The van der Waals surface area contributed by atoms with Gasteiger partial charge in [0.05, 0.1) is 15.4 Å². The predicted molar refractivity (Wildman–Crippen MR) is 119 cm³/mol. The molecule has 0 radical (unpaired) electrons. The van der Waals surface area contributed by atoms with Crippen LogP contribution >= 0.6 is 11.3 Å². The molecule has 0 atom stereocenters. The van der Waals surface area contributed by atoms with Crippen molar-refractivity contribution in [2.75, 3.05) is 5.32 Å². The lowest BCUT2D eigenvalue weighted by Gasteiger charge is -2.19. The quantitative estimate of drug-likeness (QED) is 0.479. The van der Waals surface area contributed by atoms with Gasteiger partial charge in [0.15, 0.2) is 5.78 Å². The third-order valence-electron chi connectivity index (χ3n) is 5.84. The average molecular weight is 467 g/mol. The molecule has 1 aromatic heterocycles. The summed E-state index contributed by atoms with van der Waals surface area (Å²) in [5.74, 6) is -1.58. The van der Waals surface area contributed by atoms with Gasteiger partial charge in [0.25, 0.3) is 11.8 Å². The topological polar surface area (TPSA) is 123 Å². The number of sulfone groups is 1. The van der Waals surface area contributed by atoms with E-state index in [4.69, 9.17) is 5.73 Å². The van der Waals surface area contributed by atoms with Crippen molar-refractivity contribution in [2.24, 2.45) is 5.73 Å². The van der Waals surface area contributed by atoms with Crippen molar-refractivity contribution in [1.82, 2.24) is 0 Å². The summed E-state index contributed by atoms with van der Waals surface area (Å²) in [5.41, 5.74) is 7.02. The molecule has 3 aromatic rings. The van der Waals surface area contributed by atoms with Gasteiger partial charge in [-0.25, -0.2) is 8.42 Å². The minimum Gasteiger partial charge on any atom is -0.365 e. The molecule has 162 valence electrons. The van der Waals surface area contributed by atoms with E-state index in [1.807, 2.05) is 0 Å². The van der Waals surface area contributed by atoms with Crippen molar-refractivity contribution in [1.29, 1.82) is 0 Å². The normalized spacial score (nSPS) is 15.9. The molecule has 0 spiro atoms. The fraction of sp³-hybridized carbons (Fsp3) is 0.174. The molecule has 7 nitrogen and oxygen atoms in total. The van der Waals surface area contributed by atoms with E-state index in [9.17, 15) is 22.8 Å². The van der Waals surface area contributed by atoms with Gasteiger partial charge in [-0.15, -0.1) is 11.3 Å². The molecule has 0 unspecified atom stereocenters.